The summed E-state index contributed by atoms with van der Waals surface area (Å²) in [6.45, 7) is 6.51. The van der Waals surface area contributed by atoms with Crippen LogP contribution in [0, 0.1) is 20.8 Å². The summed E-state index contributed by atoms with van der Waals surface area (Å²) in [5, 5.41) is 0. The number of hydrogen-bond acceptors (Lipinski definition) is 4. The lowest BCUT2D eigenvalue weighted by molar-refractivity contribution is 0.481. The van der Waals surface area contributed by atoms with E-state index in [1.165, 1.54) is 0 Å². The van der Waals surface area contributed by atoms with E-state index in [0.29, 0.717) is 11.5 Å². The lowest BCUT2D eigenvalue weighted by Gasteiger charge is -2.21. The molecule has 0 saturated carbocycles. The molecule has 0 bridgehead atoms. The van der Waals surface area contributed by atoms with Crippen molar-refractivity contribution in [3.8, 4) is 0 Å². The molecule has 0 amide bonds. The van der Waals surface area contributed by atoms with Crippen molar-refractivity contribution in [1.29, 1.82) is 0 Å². The maximum Gasteiger partial charge on any atom is 0.139 e. The highest BCUT2D eigenvalue weighted by atomic mass is 32.1. The van der Waals surface area contributed by atoms with E-state index in [1.54, 1.807) is 0 Å². The fourth-order valence-corrected chi connectivity index (χ4v) is 2.53. The van der Waals surface area contributed by atoms with E-state index in [-0.39, 0.29) is 0 Å². The number of thiocarbonyl (C=S) groups is 1. The number of pyridine rings is 1. The summed E-state index contributed by atoms with van der Waals surface area (Å²) in [5.74, 6) is 2.58. The monoisotopic (exact) mass is 289 g/mol. The molecular weight excluding hydrogens is 270 g/mol. The number of anilines is 1. The second-order valence-corrected chi connectivity index (χ2v) is 5.45. The first-order chi connectivity index (χ1) is 9.38. The molecule has 2 N–H and O–H groups in total. The van der Waals surface area contributed by atoms with Gasteiger partial charge in [-0.1, -0.05) is 12.2 Å². The maximum absolute atomic E-state index is 5.84. The molecule has 2 aromatic rings. The van der Waals surface area contributed by atoms with Gasteiger partial charge in [-0.25, -0.2) is 4.98 Å². The Labute approximate surface area is 124 Å². The molecule has 2 aromatic heterocycles. The quantitative estimate of drug-likeness (QED) is 0.877. The molecule has 20 heavy (non-hydrogen) atoms. The molecule has 0 radical (unpaired) electrons. The third kappa shape index (κ3) is 2.99. The first-order valence-electron chi connectivity index (χ1n) is 6.43. The van der Waals surface area contributed by atoms with E-state index in [9.17, 15) is 0 Å². The Morgan fingerprint density at radius 1 is 1.35 bits per heavy atom. The number of nitrogens with zero attached hydrogens (tertiary/aromatic N) is 2. The minimum atomic E-state index is 0.368. The minimum Gasteiger partial charge on any atom is -0.464 e. The summed E-state index contributed by atoms with van der Waals surface area (Å²) in [4.78, 5) is 6.95. The fraction of sp³-hybridized carbons (Fsp3) is 0.333. The number of nitrogens with two attached hydrogens (primary N) is 1. The van der Waals surface area contributed by atoms with Crippen molar-refractivity contribution in [2.75, 3.05) is 11.9 Å². The maximum atomic E-state index is 5.84. The van der Waals surface area contributed by atoms with Gasteiger partial charge >= 0.3 is 0 Å². The topological polar surface area (TPSA) is 55.3 Å². The van der Waals surface area contributed by atoms with Crippen molar-refractivity contribution in [1.82, 2.24) is 4.98 Å². The molecule has 0 spiro atoms. The van der Waals surface area contributed by atoms with Crippen molar-refractivity contribution < 1.29 is 4.42 Å². The summed E-state index contributed by atoms with van der Waals surface area (Å²) < 4.78 is 5.60. The molecule has 0 unspecified atom stereocenters. The summed E-state index contributed by atoms with van der Waals surface area (Å²) in [5.41, 5.74) is 8.66. The zero-order valence-electron chi connectivity index (χ0n) is 12.2. The summed E-state index contributed by atoms with van der Waals surface area (Å²) in [7, 11) is 1.96. The molecular formula is C15H19N3OS. The van der Waals surface area contributed by atoms with Gasteiger partial charge < -0.3 is 15.1 Å². The Bertz CT molecular complexity index is 649. The van der Waals surface area contributed by atoms with Crippen LogP contribution in [0.4, 0.5) is 5.82 Å². The standard InChI is InChI=1S/C15H19N3OS/c1-9-7-10(2)17-15(13(9)14(16)20)18(4)8-12-6-5-11(3)19-12/h5-7H,8H2,1-4H3,(H2,16,20). The molecule has 0 aliphatic carbocycles. The van der Waals surface area contributed by atoms with E-state index < -0.39 is 0 Å². The molecule has 4 nitrogen and oxygen atoms in total. The van der Waals surface area contributed by atoms with E-state index in [4.69, 9.17) is 22.4 Å². The first kappa shape index (κ1) is 14.5. The van der Waals surface area contributed by atoms with Gasteiger partial charge in [-0.3, -0.25) is 0 Å². The van der Waals surface area contributed by atoms with Crippen LogP contribution >= 0.6 is 12.2 Å². The Balaban J connectivity index is 2.38. The van der Waals surface area contributed by atoms with Gasteiger partial charge in [-0.15, -0.1) is 0 Å². The van der Waals surface area contributed by atoms with Crippen LogP contribution in [0.3, 0.4) is 0 Å². The van der Waals surface area contributed by atoms with Gasteiger partial charge in [0.2, 0.25) is 0 Å². The zero-order valence-corrected chi connectivity index (χ0v) is 13.0. The smallest absolute Gasteiger partial charge is 0.139 e. The van der Waals surface area contributed by atoms with Crippen LogP contribution in [0.2, 0.25) is 0 Å². The van der Waals surface area contributed by atoms with E-state index in [1.807, 2.05) is 50.9 Å². The van der Waals surface area contributed by atoms with Crippen LogP contribution in [-0.2, 0) is 6.54 Å². The highest BCUT2D eigenvalue weighted by Gasteiger charge is 2.16. The second-order valence-electron chi connectivity index (χ2n) is 5.01. The van der Waals surface area contributed by atoms with Gasteiger partial charge in [0.1, 0.15) is 22.3 Å². The highest BCUT2D eigenvalue weighted by molar-refractivity contribution is 7.80. The van der Waals surface area contributed by atoms with Crippen molar-refractivity contribution in [2.45, 2.75) is 27.3 Å². The summed E-state index contributed by atoms with van der Waals surface area (Å²) >= 11 is 5.16. The summed E-state index contributed by atoms with van der Waals surface area (Å²) in [6, 6.07) is 5.91. The van der Waals surface area contributed by atoms with Crippen LogP contribution < -0.4 is 10.6 Å². The lowest BCUT2D eigenvalue weighted by Crippen LogP contribution is -2.24. The van der Waals surface area contributed by atoms with Gasteiger partial charge in [0.15, 0.2) is 0 Å². The van der Waals surface area contributed by atoms with Crippen molar-refractivity contribution in [3.63, 3.8) is 0 Å². The SMILES string of the molecule is Cc1cc(C)c(C(N)=S)c(N(C)Cc2ccc(C)o2)n1. The molecule has 0 atom stereocenters. The molecule has 0 saturated heterocycles. The van der Waals surface area contributed by atoms with Gasteiger partial charge in [0.05, 0.1) is 12.1 Å². The molecule has 2 rings (SSSR count). The average Bonchev–Trinajstić information content (AvgIpc) is 2.72. The molecule has 0 aromatic carbocycles. The Hall–Kier alpha value is -1.88. The number of aryl methyl sites for hydroxylation is 3. The molecule has 0 fully saturated rings. The highest BCUT2D eigenvalue weighted by Crippen LogP contribution is 2.23. The lowest BCUT2D eigenvalue weighted by atomic mass is 10.1. The molecule has 106 valence electrons. The number of furan rings is 1. The Kier molecular flexibility index (Phi) is 4.09. The second kappa shape index (κ2) is 5.63. The van der Waals surface area contributed by atoms with Crippen LogP contribution in [0.25, 0.3) is 0 Å². The van der Waals surface area contributed by atoms with E-state index in [0.717, 1.165) is 34.2 Å². The predicted octanol–water partition coefficient (Wildman–Crippen LogP) is 2.87. The van der Waals surface area contributed by atoms with Crippen molar-refractivity contribution in [3.05, 3.63) is 46.5 Å². The Morgan fingerprint density at radius 2 is 2.05 bits per heavy atom. The van der Waals surface area contributed by atoms with Crippen LogP contribution in [-0.4, -0.2) is 17.0 Å². The van der Waals surface area contributed by atoms with Crippen molar-refractivity contribution in [2.24, 2.45) is 5.73 Å². The third-order valence-corrected chi connectivity index (χ3v) is 3.33. The van der Waals surface area contributed by atoms with E-state index in [2.05, 4.69) is 4.98 Å². The van der Waals surface area contributed by atoms with Gasteiger partial charge in [-0.05, 0) is 44.5 Å². The molecule has 0 aliphatic heterocycles. The zero-order chi connectivity index (χ0) is 14.9. The molecule has 0 aliphatic rings. The Morgan fingerprint density at radius 3 is 2.60 bits per heavy atom. The van der Waals surface area contributed by atoms with Crippen LogP contribution in [0.15, 0.2) is 22.6 Å². The number of rotatable bonds is 4. The summed E-state index contributed by atoms with van der Waals surface area (Å²) in [6.07, 6.45) is 0. The number of hydrogen-bond donors (Lipinski definition) is 1. The average molecular weight is 289 g/mol. The molecule has 2 heterocycles. The largest absolute Gasteiger partial charge is 0.464 e. The van der Waals surface area contributed by atoms with Crippen LogP contribution in [0.5, 0.6) is 0 Å². The predicted molar refractivity (Wildman–Crippen MR) is 85.2 cm³/mol. The normalized spacial score (nSPS) is 10.6. The van der Waals surface area contributed by atoms with Gasteiger partial charge in [0, 0.05) is 12.7 Å². The van der Waals surface area contributed by atoms with E-state index >= 15 is 0 Å². The third-order valence-electron chi connectivity index (χ3n) is 3.12. The minimum absolute atomic E-state index is 0.368. The molecule has 5 heteroatoms. The van der Waals surface area contributed by atoms with Crippen LogP contribution in [0.1, 0.15) is 28.3 Å². The van der Waals surface area contributed by atoms with Gasteiger partial charge in [-0.2, -0.15) is 0 Å². The number of aromatic nitrogens is 1. The fourth-order valence-electron chi connectivity index (χ4n) is 2.28. The first-order valence-corrected chi connectivity index (χ1v) is 6.84. The van der Waals surface area contributed by atoms with Crippen molar-refractivity contribution >= 4 is 23.0 Å². The van der Waals surface area contributed by atoms with Gasteiger partial charge in [0.25, 0.3) is 0 Å².